The summed E-state index contributed by atoms with van der Waals surface area (Å²) in [5.74, 6) is -1.21. The summed E-state index contributed by atoms with van der Waals surface area (Å²) in [7, 11) is -5.51. The summed E-state index contributed by atoms with van der Waals surface area (Å²) in [5, 5.41) is 0. The number of nitrogens with two attached hydrogens (primary N) is 1. The van der Waals surface area contributed by atoms with E-state index in [4.69, 9.17) is 5.73 Å². The maximum absolute atomic E-state index is 12.7. The topological polar surface area (TPSA) is 60.2 Å². The maximum atomic E-state index is 12.7. The van der Waals surface area contributed by atoms with Crippen LogP contribution in [0.2, 0.25) is 0 Å². The average Bonchev–Trinajstić information content (AvgIpc) is 2.07. The third-order valence-electron chi connectivity index (χ3n) is 1.59. The van der Waals surface area contributed by atoms with Crippen molar-refractivity contribution in [2.24, 2.45) is 0 Å². The molecule has 8 heteroatoms. The van der Waals surface area contributed by atoms with Crippen LogP contribution in [-0.4, -0.2) is 13.9 Å². The summed E-state index contributed by atoms with van der Waals surface area (Å²) in [6.07, 6.45) is 0. The molecule has 84 valence electrons. The van der Waals surface area contributed by atoms with Gasteiger partial charge in [-0.25, -0.2) is 12.8 Å². The van der Waals surface area contributed by atoms with E-state index in [9.17, 15) is 26.0 Å². The van der Waals surface area contributed by atoms with E-state index in [1.54, 1.807) is 0 Å². The number of halogens is 4. The molecule has 1 aromatic rings. The van der Waals surface area contributed by atoms with Gasteiger partial charge in [-0.1, -0.05) is 0 Å². The van der Waals surface area contributed by atoms with Crippen LogP contribution >= 0.6 is 0 Å². The van der Waals surface area contributed by atoms with Gasteiger partial charge in [0.2, 0.25) is 0 Å². The van der Waals surface area contributed by atoms with Crippen LogP contribution in [-0.2, 0) is 9.84 Å². The lowest BCUT2D eigenvalue weighted by atomic mass is 10.3. The molecule has 0 saturated carbocycles. The van der Waals surface area contributed by atoms with Gasteiger partial charge in [-0.3, -0.25) is 0 Å². The molecule has 0 bridgehead atoms. The van der Waals surface area contributed by atoms with Crippen molar-refractivity contribution < 1.29 is 26.0 Å². The van der Waals surface area contributed by atoms with Crippen molar-refractivity contribution >= 4 is 15.5 Å². The van der Waals surface area contributed by atoms with Gasteiger partial charge >= 0.3 is 5.51 Å². The Hall–Kier alpha value is -1.31. The van der Waals surface area contributed by atoms with Crippen LogP contribution in [0, 0.1) is 5.82 Å². The molecule has 1 rings (SSSR count). The Balaban J connectivity index is 3.36. The largest absolute Gasteiger partial charge is 0.501 e. The summed E-state index contributed by atoms with van der Waals surface area (Å²) in [4.78, 5) is -1.17. The molecule has 0 atom stereocenters. The molecule has 0 aliphatic heterocycles. The molecule has 0 fully saturated rings. The number of benzene rings is 1. The van der Waals surface area contributed by atoms with Gasteiger partial charge in [0.1, 0.15) is 5.82 Å². The molecule has 1 aromatic carbocycles. The first-order valence-corrected chi connectivity index (χ1v) is 5.01. The van der Waals surface area contributed by atoms with Gasteiger partial charge in [0.15, 0.2) is 0 Å². The van der Waals surface area contributed by atoms with Gasteiger partial charge in [-0.15, -0.1) is 0 Å². The zero-order valence-corrected chi connectivity index (χ0v) is 7.86. The molecule has 0 spiro atoms. The van der Waals surface area contributed by atoms with Gasteiger partial charge in [-0.05, 0) is 18.2 Å². The van der Waals surface area contributed by atoms with Crippen LogP contribution in [0.5, 0.6) is 0 Å². The second-order valence-corrected chi connectivity index (χ2v) is 4.57. The summed E-state index contributed by atoms with van der Waals surface area (Å²) in [6.45, 7) is 0. The van der Waals surface area contributed by atoms with Crippen molar-refractivity contribution in [3.8, 4) is 0 Å². The van der Waals surface area contributed by atoms with Gasteiger partial charge < -0.3 is 5.73 Å². The van der Waals surface area contributed by atoms with E-state index in [1.807, 2.05) is 0 Å². The third-order valence-corrected chi connectivity index (χ3v) is 3.07. The maximum Gasteiger partial charge on any atom is 0.501 e. The molecule has 0 aromatic heterocycles. The fraction of sp³-hybridized carbons (Fsp3) is 0.143. The number of anilines is 1. The molecule has 0 amide bonds. The molecule has 3 nitrogen and oxygen atoms in total. The molecular formula is C7H5F4NO2S. The SMILES string of the molecule is Nc1ccc(S(=O)(=O)C(F)(F)F)cc1F. The van der Waals surface area contributed by atoms with Crippen LogP contribution in [0.15, 0.2) is 23.1 Å². The summed E-state index contributed by atoms with van der Waals surface area (Å²) in [6, 6.07) is 1.59. The normalized spacial score (nSPS) is 12.8. The molecule has 0 aliphatic rings. The Kier molecular flexibility index (Phi) is 2.64. The lowest BCUT2D eigenvalue weighted by molar-refractivity contribution is -0.0436. The average molecular weight is 243 g/mol. The minimum atomic E-state index is -5.51. The quantitative estimate of drug-likeness (QED) is 0.603. The van der Waals surface area contributed by atoms with Crippen LogP contribution < -0.4 is 5.73 Å². The smallest absolute Gasteiger partial charge is 0.396 e. The van der Waals surface area contributed by atoms with Crippen molar-refractivity contribution in [2.75, 3.05) is 5.73 Å². The number of alkyl halides is 3. The summed E-state index contributed by atoms with van der Waals surface area (Å²) >= 11 is 0. The van der Waals surface area contributed by atoms with E-state index in [1.165, 1.54) is 0 Å². The fourth-order valence-corrected chi connectivity index (χ4v) is 1.58. The lowest BCUT2D eigenvalue weighted by Crippen LogP contribution is -2.23. The van der Waals surface area contributed by atoms with Gasteiger partial charge in [0.25, 0.3) is 9.84 Å². The minimum absolute atomic E-state index is 0.234. The highest BCUT2D eigenvalue weighted by Crippen LogP contribution is 2.31. The van der Waals surface area contributed by atoms with Crippen LogP contribution in [0.1, 0.15) is 0 Å². The molecule has 0 radical (unpaired) electrons. The molecular weight excluding hydrogens is 238 g/mol. The Morgan fingerprint density at radius 2 is 1.73 bits per heavy atom. The van der Waals surface area contributed by atoms with Crippen LogP contribution in [0.25, 0.3) is 0 Å². The zero-order chi connectivity index (χ0) is 11.9. The standard InChI is InChI=1S/C7H5F4NO2S/c8-5-3-4(1-2-6(5)12)15(13,14)7(9,10)11/h1-3H,12H2. The van der Waals surface area contributed by atoms with E-state index in [0.29, 0.717) is 6.07 Å². The van der Waals surface area contributed by atoms with E-state index in [0.717, 1.165) is 6.07 Å². The highest BCUT2D eigenvalue weighted by atomic mass is 32.2. The Morgan fingerprint density at radius 1 is 1.20 bits per heavy atom. The highest BCUT2D eigenvalue weighted by Gasteiger charge is 2.47. The Bertz CT molecular complexity index is 480. The number of hydrogen-bond acceptors (Lipinski definition) is 3. The molecule has 0 unspecified atom stereocenters. The lowest BCUT2D eigenvalue weighted by Gasteiger charge is -2.08. The first kappa shape index (κ1) is 11.8. The molecule has 0 heterocycles. The molecule has 2 N–H and O–H groups in total. The number of rotatable bonds is 1. The summed E-state index contributed by atoms with van der Waals surface area (Å²) in [5.41, 5.74) is -0.879. The van der Waals surface area contributed by atoms with E-state index in [-0.39, 0.29) is 6.07 Å². The first-order chi connectivity index (χ1) is 6.66. The van der Waals surface area contributed by atoms with E-state index in [2.05, 4.69) is 0 Å². The Morgan fingerprint density at radius 3 is 2.13 bits per heavy atom. The number of hydrogen-bond donors (Lipinski definition) is 1. The third kappa shape index (κ3) is 2.04. The van der Waals surface area contributed by atoms with Crippen molar-refractivity contribution in [1.29, 1.82) is 0 Å². The van der Waals surface area contributed by atoms with Crippen LogP contribution in [0.4, 0.5) is 23.2 Å². The predicted octanol–water partition coefficient (Wildman–Crippen LogP) is 1.70. The number of sulfone groups is 1. The van der Waals surface area contributed by atoms with Gasteiger partial charge in [0, 0.05) is 0 Å². The summed E-state index contributed by atoms with van der Waals surface area (Å²) < 4.78 is 70.3. The van der Waals surface area contributed by atoms with E-state index < -0.39 is 31.7 Å². The van der Waals surface area contributed by atoms with Crippen LogP contribution in [0.3, 0.4) is 0 Å². The molecule has 0 aliphatic carbocycles. The van der Waals surface area contributed by atoms with Crippen molar-refractivity contribution in [3.05, 3.63) is 24.0 Å². The second kappa shape index (κ2) is 3.37. The zero-order valence-electron chi connectivity index (χ0n) is 7.05. The fourth-order valence-electron chi connectivity index (χ4n) is 0.809. The highest BCUT2D eigenvalue weighted by molar-refractivity contribution is 7.92. The number of nitrogen functional groups attached to an aromatic ring is 1. The Labute approximate surface area is 82.4 Å². The minimum Gasteiger partial charge on any atom is -0.396 e. The van der Waals surface area contributed by atoms with Crippen molar-refractivity contribution in [2.45, 2.75) is 10.4 Å². The van der Waals surface area contributed by atoms with Gasteiger partial charge in [-0.2, -0.15) is 13.2 Å². The van der Waals surface area contributed by atoms with E-state index >= 15 is 0 Å². The predicted molar refractivity (Wildman–Crippen MR) is 44.1 cm³/mol. The van der Waals surface area contributed by atoms with Crippen molar-refractivity contribution in [3.63, 3.8) is 0 Å². The molecule has 0 saturated heterocycles. The monoisotopic (exact) mass is 243 g/mol. The second-order valence-electron chi connectivity index (χ2n) is 2.63. The first-order valence-electron chi connectivity index (χ1n) is 3.52. The van der Waals surface area contributed by atoms with Crippen molar-refractivity contribution in [1.82, 2.24) is 0 Å². The van der Waals surface area contributed by atoms with Gasteiger partial charge in [0.05, 0.1) is 10.6 Å². The molecule has 15 heavy (non-hydrogen) atoms.